The zero-order valence-electron chi connectivity index (χ0n) is 9.92. The summed E-state index contributed by atoms with van der Waals surface area (Å²) in [7, 11) is 0. The lowest BCUT2D eigenvalue weighted by Gasteiger charge is -2.37. The van der Waals surface area contributed by atoms with E-state index in [2.05, 4.69) is 30.4 Å². The molecule has 2 nitrogen and oxygen atoms in total. The first kappa shape index (κ1) is 10.3. The third-order valence-corrected chi connectivity index (χ3v) is 4.44. The summed E-state index contributed by atoms with van der Waals surface area (Å²) in [4.78, 5) is 0. The molecule has 2 heteroatoms. The van der Waals surface area contributed by atoms with Gasteiger partial charge in [-0.3, -0.25) is 0 Å². The van der Waals surface area contributed by atoms with Gasteiger partial charge in [0, 0.05) is 6.04 Å². The molecule has 1 aliphatic heterocycles. The molecule has 1 aromatic carbocycles. The highest BCUT2D eigenvalue weighted by atomic mass is 14.9. The summed E-state index contributed by atoms with van der Waals surface area (Å²) < 4.78 is 0. The molecule has 86 valence electrons. The van der Waals surface area contributed by atoms with E-state index in [4.69, 9.17) is 5.73 Å². The third-order valence-electron chi connectivity index (χ3n) is 4.44. The van der Waals surface area contributed by atoms with Crippen LogP contribution in [0, 0.1) is 12.3 Å². The van der Waals surface area contributed by atoms with E-state index in [0.717, 1.165) is 13.1 Å². The van der Waals surface area contributed by atoms with Gasteiger partial charge in [0.25, 0.3) is 0 Å². The Hall–Kier alpha value is -0.860. The van der Waals surface area contributed by atoms with Crippen molar-refractivity contribution in [1.29, 1.82) is 0 Å². The van der Waals surface area contributed by atoms with Crippen molar-refractivity contribution < 1.29 is 0 Å². The maximum Gasteiger partial charge on any atom is 0.0359 e. The van der Waals surface area contributed by atoms with Crippen molar-refractivity contribution in [1.82, 2.24) is 5.32 Å². The highest BCUT2D eigenvalue weighted by Gasteiger charge is 2.44. The van der Waals surface area contributed by atoms with Crippen LogP contribution in [0.25, 0.3) is 0 Å². The van der Waals surface area contributed by atoms with Crippen molar-refractivity contribution in [2.75, 3.05) is 13.1 Å². The van der Waals surface area contributed by atoms with Gasteiger partial charge in [-0.2, -0.15) is 0 Å². The van der Waals surface area contributed by atoms with E-state index >= 15 is 0 Å². The number of benzene rings is 1. The first-order chi connectivity index (χ1) is 7.71. The second kappa shape index (κ2) is 3.57. The number of nitrogens with one attached hydrogen (secondary N) is 1. The zero-order chi connectivity index (χ0) is 11.2. The molecule has 3 rings (SSSR count). The summed E-state index contributed by atoms with van der Waals surface area (Å²) in [6, 6.07) is 7.02. The molecule has 1 atom stereocenters. The number of piperidine rings is 1. The first-order valence-corrected chi connectivity index (χ1v) is 6.27. The molecule has 0 unspecified atom stereocenters. The molecule has 0 amide bonds. The lowest BCUT2D eigenvalue weighted by atomic mass is 9.73. The van der Waals surface area contributed by atoms with Crippen molar-refractivity contribution >= 4 is 0 Å². The van der Waals surface area contributed by atoms with Gasteiger partial charge in [0.05, 0.1) is 0 Å². The number of aryl methyl sites for hydroxylation is 1. The van der Waals surface area contributed by atoms with Gasteiger partial charge in [0.1, 0.15) is 0 Å². The van der Waals surface area contributed by atoms with Gasteiger partial charge in [-0.05, 0) is 55.8 Å². The lowest BCUT2D eigenvalue weighted by Crippen LogP contribution is -2.41. The number of hydrogen-bond donors (Lipinski definition) is 2. The van der Waals surface area contributed by atoms with Crippen LogP contribution in [-0.4, -0.2) is 13.1 Å². The van der Waals surface area contributed by atoms with E-state index < -0.39 is 0 Å². The van der Waals surface area contributed by atoms with E-state index in [0.29, 0.717) is 5.41 Å². The standard InChI is InChI=1S/C14H20N2/c1-10-2-3-12-11(8-10)9-14(13(12)15)4-6-16-7-5-14/h2-3,8,13,16H,4-7,9,15H2,1H3/t13-/m0/s1. The fraction of sp³-hybridized carbons (Fsp3) is 0.571. The van der Waals surface area contributed by atoms with Crippen LogP contribution in [0.2, 0.25) is 0 Å². The molecule has 2 aliphatic rings. The average Bonchev–Trinajstić information content (AvgIpc) is 2.53. The van der Waals surface area contributed by atoms with Gasteiger partial charge in [0.2, 0.25) is 0 Å². The Morgan fingerprint density at radius 2 is 2.06 bits per heavy atom. The minimum atomic E-state index is 0.255. The molecule has 0 aromatic heterocycles. The van der Waals surface area contributed by atoms with E-state index in [1.165, 1.54) is 36.0 Å². The Bertz CT molecular complexity index is 405. The fourth-order valence-corrected chi connectivity index (χ4v) is 3.42. The smallest absolute Gasteiger partial charge is 0.0359 e. The van der Waals surface area contributed by atoms with Crippen molar-refractivity contribution in [2.45, 2.75) is 32.2 Å². The second-order valence-corrected chi connectivity index (χ2v) is 5.47. The van der Waals surface area contributed by atoms with Crippen LogP contribution < -0.4 is 11.1 Å². The largest absolute Gasteiger partial charge is 0.323 e. The molecule has 16 heavy (non-hydrogen) atoms. The number of fused-ring (bicyclic) bond motifs is 1. The zero-order valence-corrected chi connectivity index (χ0v) is 9.92. The van der Waals surface area contributed by atoms with E-state index in [-0.39, 0.29) is 6.04 Å². The molecule has 0 radical (unpaired) electrons. The minimum absolute atomic E-state index is 0.255. The normalized spacial score (nSPS) is 27.0. The fourth-order valence-electron chi connectivity index (χ4n) is 3.42. The van der Waals surface area contributed by atoms with Crippen molar-refractivity contribution in [3.8, 4) is 0 Å². The van der Waals surface area contributed by atoms with Gasteiger partial charge < -0.3 is 11.1 Å². The Morgan fingerprint density at radius 1 is 1.31 bits per heavy atom. The topological polar surface area (TPSA) is 38.0 Å². The molecule has 1 saturated heterocycles. The summed E-state index contributed by atoms with van der Waals surface area (Å²) in [6.07, 6.45) is 3.64. The van der Waals surface area contributed by atoms with Crippen LogP contribution in [0.5, 0.6) is 0 Å². The monoisotopic (exact) mass is 216 g/mol. The lowest BCUT2D eigenvalue weighted by molar-refractivity contribution is 0.174. The molecule has 1 spiro atoms. The maximum atomic E-state index is 6.48. The maximum absolute atomic E-state index is 6.48. The van der Waals surface area contributed by atoms with Crippen LogP contribution >= 0.6 is 0 Å². The summed E-state index contributed by atoms with van der Waals surface area (Å²) >= 11 is 0. The van der Waals surface area contributed by atoms with Gasteiger partial charge in [-0.15, -0.1) is 0 Å². The molecule has 1 fully saturated rings. The van der Waals surface area contributed by atoms with Gasteiger partial charge in [-0.25, -0.2) is 0 Å². The average molecular weight is 216 g/mol. The molecule has 0 saturated carbocycles. The van der Waals surface area contributed by atoms with E-state index in [1.54, 1.807) is 0 Å². The predicted molar refractivity (Wildman–Crippen MR) is 66.3 cm³/mol. The number of rotatable bonds is 0. The summed E-state index contributed by atoms with van der Waals surface area (Å²) in [5.41, 5.74) is 11.1. The van der Waals surface area contributed by atoms with E-state index in [1.807, 2.05) is 0 Å². The molecule has 1 aliphatic carbocycles. The van der Waals surface area contributed by atoms with Crippen LogP contribution in [0.3, 0.4) is 0 Å². The van der Waals surface area contributed by atoms with Crippen molar-refractivity contribution in [2.24, 2.45) is 11.1 Å². The van der Waals surface area contributed by atoms with Crippen LogP contribution in [0.4, 0.5) is 0 Å². The SMILES string of the molecule is Cc1ccc2c(c1)CC1(CCNCC1)[C@H]2N. The Labute approximate surface area is 97.2 Å². The molecular formula is C14H20N2. The third kappa shape index (κ3) is 1.40. The summed E-state index contributed by atoms with van der Waals surface area (Å²) in [5, 5.41) is 3.44. The summed E-state index contributed by atoms with van der Waals surface area (Å²) in [5.74, 6) is 0. The van der Waals surface area contributed by atoms with Crippen LogP contribution in [0.15, 0.2) is 18.2 Å². The van der Waals surface area contributed by atoms with Gasteiger partial charge in [0.15, 0.2) is 0 Å². The Morgan fingerprint density at radius 3 is 2.81 bits per heavy atom. The molecular weight excluding hydrogens is 196 g/mol. The highest BCUT2D eigenvalue weighted by Crippen LogP contribution is 2.49. The minimum Gasteiger partial charge on any atom is -0.323 e. The summed E-state index contributed by atoms with van der Waals surface area (Å²) in [6.45, 7) is 4.42. The number of hydrogen-bond acceptors (Lipinski definition) is 2. The van der Waals surface area contributed by atoms with E-state index in [9.17, 15) is 0 Å². The predicted octanol–water partition coefficient (Wildman–Crippen LogP) is 1.92. The quantitative estimate of drug-likeness (QED) is 0.695. The molecule has 0 bridgehead atoms. The van der Waals surface area contributed by atoms with Crippen molar-refractivity contribution in [3.63, 3.8) is 0 Å². The van der Waals surface area contributed by atoms with Gasteiger partial charge >= 0.3 is 0 Å². The molecule has 1 aromatic rings. The van der Waals surface area contributed by atoms with Crippen LogP contribution in [0.1, 0.15) is 35.6 Å². The Balaban J connectivity index is 1.98. The van der Waals surface area contributed by atoms with Crippen molar-refractivity contribution in [3.05, 3.63) is 34.9 Å². The highest BCUT2D eigenvalue weighted by molar-refractivity contribution is 5.40. The molecule has 1 heterocycles. The molecule has 3 N–H and O–H groups in total. The number of nitrogens with two attached hydrogens (primary N) is 1. The van der Waals surface area contributed by atoms with Crippen LogP contribution in [-0.2, 0) is 6.42 Å². The second-order valence-electron chi connectivity index (χ2n) is 5.47. The van der Waals surface area contributed by atoms with Gasteiger partial charge in [-0.1, -0.05) is 23.8 Å². The Kier molecular flexibility index (Phi) is 2.30. The first-order valence-electron chi connectivity index (χ1n) is 6.27.